The van der Waals surface area contributed by atoms with E-state index in [1.54, 1.807) is 7.11 Å². The summed E-state index contributed by atoms with van der Waals surface area (Å²) >= 11 is 1.35. The van der Waals surface area contributed by atoms with E-state index in [-0.39, 0.29) is 5.91 Å². The Balaban J connectivity index is 1.50. The third-order valence-electron chi connectivity index (χ3n) is 4.13. The molecule has 0 unspecified atom stereocenters. The number of rotatable bonds is 6. The number of ether oxygens (including phenoxy) is 1. The number of methoxy groups -OCH3 is 1. The maximum atomic E-state index is 12.0. The van der Waals surface area contributed by atoms with Crippen LogP contribution in [-0.2, 0) is 4.79 Å². The predicted octanol–water partition coefficient (Wildman–Crippen LogP) is 3.02. The van der Waals surface area contributed by atoms with Crippen LogP contribution in [0.4, 0.5) is 0 Å². The summed E-state index contributed by atoms with van der Waals surface area (Å²) in [6.07, 6.45) is 5.90. The predicted molar refractivity (Wildman–Crippen MR) is 94.1 cm³/mol. The third kappa shape index (κ3) is 4.50. The van der Waals surface area contributed by atoms with Gasteiger partial charge < -0.3 is 10.1 Å². The maximum Gasteiger partial charge on any atom is 0.230 e. The molecule has 1 aromatic carbocycles. The first-order chi connectivity index (χ1) is 11.7. The highest BCUT2D eigenvalue weighted by molar-refractivity contribution is 7.99. The summed E-state index contributed by atoms with van der Waals surface area (Å²) in [5.74, 6) is 1.89. The first-order valence-corrected chi connectivity index (χ1v) is 9.22. The number of nitrogens with one attached hydrogen (secondary N) is 2. The highest BCUT2D eigenvalue weighted by Crippen LogP contribution is 2.22. The Morgan fingerprint density at radius 3 is 2.75 bits per heavy atom. The molecule has 128 valence electrons. The van der Waals surface area contributed by atoms with E-state index in [9.17, 15) is 4.79 Å². The van der Waals surface area contributed by atoms with Gasteiger partial charge in [-0.1, -0.05) is 31.0 Å². The Labute approximate surface area is 145 Å². The Morgan fingerprint density at radius 2 is 2.04 bits per heavy atom. The molecule has 0 saturated heterocycles. The van der Waals surface area contributed by atoms with E-state index < -0.39 is 0 Å². The number of carbonyl (C=O) groups excluding carboxylic acids is 1. The van der Waals surface area contributed by atoms with Gasteiger partial charge in [-0.25, -0.2) is 4.98 Å². The molecule has 3 rings (SSSR count). The lowest BCUT2D eigenvalue weighted by atomic mass is 9.95. The van der Waals surface area contributed by atoms with Crippen molar-refractivity contribution in [1.82, 2.24) is 20.5 Å². The number of hydrogen-bond donors (Lipinski definition) is 2. The van der Waals surface area contributed by atoms with Gasteiger partial charge in [0.1, 0.15) is 5.75 Å². The van der Waals surface area contributed by atoms with Crippen molar-refractivity contribution in [2.24, 2.45) is 0 Å². The molecule has 0 atom stereocenters. The van der Waals surface area contributed by atoms with Crippen molar-refractivity contribution in [2.45, 2.75) is 43.3 Å². The Bertz CT molecular complexity index is 665. The van der Waals surface area contributed by atoms with Crippen molar-refractivity contribution < 1.29 is 9.53 Å². The van der Waals surface area contributed by atoms with E-state index in [2.05, 4.69) is 20.5 Å². The number of nitrogens with zero attached hydrogens (tertiary/aromatic N) is 2. The Hall–Kier alpha value is -2.02. The first-order valence-electron chi connectivity index (χ1n) is 8.23. The van der Waals surface area contributed by atoms with Gasteiger partial charge in [-0.15, -0.1) is 5.10 Å². The number of amides is 1. The second-order valence-corrected chi connectivity index (χ2v) is 6.83. The monoisotopic (exact) mass is 346 g/mol. The quantitative estimate of drug-likeness (QED) is 0.786. The molecule has 0 radical (unpaired) electrons. The van der Waals surface area contributed by atoms with Crippen LogP contribution in [0.25, 0.3) is 11.4 Å². The summed E-state index contributed by atoms with van der Waals surface area (Å²) in [5.41, 5.74) is 0.932. The summed E-state index contributed by atoms with van der Waals surface area (Å²) in [5, 5.41) is 10.8. The number of H-pyrrole nitrogens is 1. The average molecular weight is 346 g/mol. The molecule has 0 bridgehead atoms. The highest BCUT2D eigenvalue weighted by Gasteiger charge is 2.16. The number of aromatic nitrogens is 3. The fourth-order valence-electron chi connectivity index (χ4n) is 2.84. The molecule has 0 aliphatic heterocycles. The molecular formula is C17H22N4O2S. The molecule has 1 aliphatic rings. The molecule has 1 amide bonds. The molecule has 1 aromatic heterocycles. The highest BCUT2D eigenvalue weighted by atomic mass is 32.2. The fraction of sp³-hybridized carbons (Fsp3) is 0.471. The van der Waals surface area contributed by atoms with Gasteiger partial charge in [-0.3, -0.25) is 9.89 Å². The van der Waals surface area contributed by atoms with Gasteiger partial charge in [0.25, 0.3) is 0 Å². The molecular weight excluding hydrogens is 324 g/mol. The molecule has 24 heavy (non-hydrogen) atoms. The zero-order valence-electron chi connectivity index (χ0n) is 13.7. The lowest BCUT2D eigenvalue weighted by Gasteiger charge is -2.22. The SMILES string of the molecule is COc1ccc(-c2nc(SCC(=O)NC3CCCCC3)n[nH]2)cc1. The topological polar surface area (TPSA) is 79.9 Å². The van der Waals surface area contributed by atoms with Gasteiger partial charge >= 0.3 is 0 Å². The van der Waals surface area contributed by atoms with Crippen molar-refractivity contribution in [3.05, 3.63) is 24.3 Å². The van der Waals surface area contributed by atoms with E-state index >= 15 is 0 Å². The first kappa shape index (κ1) is 16.8. The van der Waals surface area contributed by atoms with Crippen LogP contribution in [0.15, 0.2) is 29.4 Å². The molecule has 1 fully saturated rings. The fourth-order valence-corrected chi connectivity index (χ4v) is 3.44. The number of thioether (sulfide) groups is 1. The van der Waals surface area contributed by atoms with E-state index in [1.807, 2.05) is 24.3 Å². The normalized spacial score (nSPS) is 15.2. The van der Waals surface area contributed by atoms with Crippen molar-refractivity contribution in [1.29, 1.82) is 0 Å². The molecule has 2 N–H and O–H groups in total. The number of aromatic amines is 1. The molecule has 7 heteroatoms. The summed E-state index contributed by atoms with van der Waals surface area (Å²) in [6, 6.07) is 7.94. The second kappa shape index (κ2) is 8.19. The summed E-state index contributed by atoms with van der Waals surface area (Å²) in [7, 11) is 1.64. The molecule has 1 saturated carbocycles. The molecule has 1 aliphatic carbocycles. The maximum absolute atomic E-state index is 12.0. The van der Waals surface area contributed by atoms with E-state index in [4.69, 9.17) is 4.74 Å². The zero-order chi connectivity index (χ0) is 16.8. The van der Waals surface area contributed by atoms with Gasteiger partial charge in [-0.05, 0) is 37.1 Å². The molecule has 6 nitrogen and oxygen atoms in total. The van der Waals surface area contributed by atoms with Crippen LogP contribution in [0.3, 0.4) is 0 Å². The van der Waals surface area contributed by atoms with Crippen LogP contribution >= 0.6 is 11.8 Å². The second-order valence-electron chi connectivity index (χ2n) is 5.89. The smallest absolute Gasteiger partial charge is 0.230 e. The minimum absolute atomic E-state index is 0.0581. The van der Waals surface area contributed by atoms with Crippen LogP contribution in [-0.4, -0.2) is 40.0 Å². The largest absolute Gasteiger partial charge is 0.497 e. The van der Waals surface area contributed by atoms with Crippen molar-refractivity contribution in [3.8, 4) is 17.1 Å². The van der Waals surface area contributed by atoms with Crippen molar-refractivity contribution >= 4 is 17.7 Å². The van der Waals surface area contributed by atoms with Gasteiger partial charge in [-0.2, -0.15) is 0 Å². The van der Waals surface area contributed by atoms with Gasteiger partial charge in [0, 0.05) is 11.6 Å². The number of carbonyl (C=O) groups is 1. The van der Waals surface area contributed by atoms with Crippen molar-refractivity contribution in [2.75, 3.05) is 12.9 Å². The summed E-state index contributed by atoms with van der Waals surface area (Å²) < 4.78 is 5.14. The van der Waals surface area contributed by atoms with E-state index in [1.165, 1.54) is 31.0 Å². The van der Waals surface area contributed by atoms with Gasteiger partial charge in [0.05, 0.1) is 12.9 Å². The van der Waals surface area contributed by atoms with Crippen LogP contribution < -0.4 is 10.1 Å². The summed E-state index contributed by atoms with van der Waals surface area (Å²) in [6.45, 7) is 0. The van der Waals surface area contributed by atoms with Gasteiger partial charge in [0.2, 0.25) is 11.1 Å². The number of hydrogen-bond acceptors (Lipinski definition) is 5. The Kier molecular flexibility index (Phi) is 5.74. The zero-order valence-corrected chi connectivity index (χ0v) is 14.6. The molecule has 1 heterocycles. The number of benzene rings is 1. The minimum Gasteiger partial charge on any atom is -0.497 e. The van der Waals surface area contributed by atoms with Crippen LogP contribution in [0, 0.1) is 0 Å². The lowest BCUT2D eigenvalue weighted by Crippen LogP contribution is -2.37. The van der Waals surface area contributed by atoms with Crippen molar-refractivity contribution in [3.63, 3.8) is 0 Å². The lowest BCUT2D eigenvalue weighted by molar-refractivity contribution is -0.119. The van der Waals surface area contributed by atoms with Crippen LogP contribution in [0.2, 0.25) is 0 Å². The van der Waals surface area contributed by atoms with E-state index in [0.717, 1.165) is 24.2 Å². The van der Waals surface area contributed by atoms with Crippen LogP contribution in [0.5, 0.6) is 5.75 Å². The van der Waals surface area contributed by atoms with Gasteiger partial charge in [0.15, 0.2) is 5.82 Å². The molecule has 0 spiro atoms. The third-order valence-corrected chi connectivity index (χ3v) is 4.98. The van der Waals surface area contributed by atoms with Crippen LogP contribution in [0.1, 0.15) is 32.1 Å². The minimum atomic E-state index is 0.0581. The summed E-state index contributed by atoms with van der Waals surface area (Å²) in [4.78, 5) is 16.5. The molecule has 2 aromatic rings. The standard InChI is InChI=1S/C17H22N4O2S/c1-23-14-9-7-12(8-10-14)16-19-17(21-20-16)24-11-15(22)18-13-5-3-2-4-6-13/h7-10,13H,2-6,11H2,1H3,(H,18,22)(H,19,20,21). The Morgan fingerprint density at radius 1 is 1.29 bits per heavy atom. The average Bonchev–Trinajstić information content (AvgIpc) is 3.10. The van der Waals surface area contributed by atoms with E-state index in [0.29, 0.717) is 22.8 Å².